The molecule has 2 N–H and O–H groups in total. The molecule has 1 fully saturated rings. The van der Waals surface area contributed by atoms with Crippen molar-refractivity contribution >= 4 is 5.95 Å². The van der Waals surface area contributed by atoms with Crippen LogP contribution in [-0.2, 0) is 18.9 Å². The van der Waals surface area contributed by atoms with Gasteiger partial charge in [-0.3, -0.25) is 9.36 Å². The van der Waals surface area contributed by atoms with Crippen molar-refractivity contribution in [3.8, 4) is 11.3 Å². The zero-order chi connectivity index (χ0) is 17.4. The Kier molecular flexibility index (Phi) is 4.12. The summed E-state index contributed by atoms with van der Waals surface area (Å²) >= 11 is 0. The second-order valence-electron chi connectivity index (χ2n) is 7.35. The van der Waals surface area contributed by atoms with Gasteiger partial charge in [0.25, 0.3) is 5.56 Å². The van der Waals surface area contributed by atoms with E-state index in [0.717, 1.165) is 36.1 Å². The van der Waals surface area contributed by atoms with Gasteiger partial charge in [0.1, 0.15) is 0 Å². The topological polar surface area (TPSA) is 67.2 Å². The lowest BCUT2D eigenvalue weighted by Gasteiger charge is -2.36. The SMILES string of the molecule is Cn1c(NCCCO)nc2c(c1=O)C1(CCCC1)Cc1ccccc1-2. The molecule has 2 aliphatic carbocycles. The van der Waals surface area contributed by atoms with E-state index in [1.165, 1.54) is 18.4 Å². The zero-order valence-electron chi connectivity index (χ0n) is 14.7. The first-order valence-electron chi connectivity index (χ1n) is 9.21. The van der Waals surface area contributed by atoms with E-state index >= 15 is 0 Å². The first-order valence-corrected chi connectivity index (χ1v) is 9.21. The van der Waals surface area contributed by atoms with Crippen LogP contribution in [0.4, 0.5) is 5.95 Å². The summed E-state index contributed by atoms with van der Waals surface area (Å²) in [7, 11) is 1.79. The second-order valence-corrected chi connectivity index (χ2v) is 7.35. The molecule has 132 valence electrons. The Labute approximate surface area is 147 Å². The van der Waals surface area contributed by atoms with Gasteiger partial charge in [0.15, 0.2) is 0 Å². The van der Waals surface area contributed by atoms with Gasteiger partial charge < -0.3 is 10.4 Å². The van der Waals surface area contributed by atoms with E-state index < -0.39 is 0 Å². The Balaban J connectivity index is 1.91. The molecule has 2 aliphatic rings. The maximum absolute atomic E-state index is 13.3. The fraction of sp³-hybridized carbons (Fsp3) is 0.500. The van der Waals surface area contributed by atoms with E-state index in [1.807, 2.05) is 6.07 Å². The largest absolute Gasteiger partial charge is 0.396 e. The third-order valence-corrected chi connectivity index (χ3v) is 5.80. The fourth-order valence-corrected chi connectivity index (χ4v) is 4.55. The highest BCUT2D eigenvalue weighted by Crippen LogP contribution is 2.49. The van der Waals surface area contributed by atoms with Crippen molar-refractivity contribution in [3.05, 3.63) is 45.7 Å². The lowest BCUT2D eigenvalue weighted by atomic mass is 9.68. The van der Waals surface area contributed by atoms with E-state index in [0.29, 0.717) is 18.9 Å². The van der Waals surface area contributed by atoms with Gasteiger partial charge >= 0.3 is 0 Å². The highest BCUT2D eigenvalue weighted by atomic mass is 16.3. The number of nitrogens with zero attached hydrogens (tertiary/aromatic N) is 2. The van der Waals surface area contributed by atoms with E-state index in [2.05, 4.69) is 23.5 Å². The van der Waals surface area contributed by atoms with Crippen LogP contribution in [0.1, 0.15) is 43.2 Å². The molecular formula is C20H25N3O2. The molecule has 1 saturated carbocycles. The van der Waals surface area contributed by atoms with Crippen molar-refractivity contribution in [1.29, 1.82) is 0 Å². The first-order chi connectivity index (χ1) is 12.2. The fourth-order valence-electron chi connectivity index (χ4n) is 4.55. The van der Waals surface area contributed by atoms with Gasteiger partial charge in [-0.25, -0.2) is 4.98 Å². The van der Waals surface area contributed by atoms with Crippen molar-refractivity contribution in [2.45, 2.75) is 43.9 Å². The molecule has 0 saturated heterocycles. The number of aromatic nitrogens is 2. The summed E-state index contributed by atoms with van der Waals surface area (Å²) in [5, 5.41) is 12.2. The standard InChI is InChI=1S/C20H25N3O2/c1-23-18(25)16-17(22-19(23)21-11-6-12-24)15-8-3-2-7-14(15)13-20(16)9-4-5-10-20/h2-3,7-8,24H,4-6,9-13H2,1H3,(H,21,22). The molecule has 25 heavy (non-hydrogen) atoms. The maximum Gasteiger partial charge on any atom is 0.259 e. The quantitative estimate of drug-likeness (QED) is 0.840. The van der Waals surface area contributed by atoms with Crippen molar-refractivity contribution in [2.24, 2.45) is 7.05 Å². The second kappa shape index (κ2) is 6.30. The van der Waals surface area contributed by atoms with E-state index in [-0.39, 0.29) is 17.6 Å². The van der Waals surface area contributed by atoms with Crippen LogP contribution in [0.15, 0.2) is 29.1 Å². The van der Waals surface area contributed by atoms with Gasteiger partial charge in [-0.2, -0.15) is 0 Å². The van der Waals surface area contributed by atoms with Crippen LogP contribution in [0, 0.1) is 0 Å². The van der Waals surface area contributed by atoms with Crippen LogP contribution in [0.5, 0.6) is 0 Å². The van der Waals surface area contributed by atoms with E-state index in [4.69, 9.17) is 10.1 Å². The minimum atomic E-state index is -0.0465. The number of rotatable bonds is 4. The monoisotopic (exact) mass is 339 g/mol. The normalized spacial score (nSPS) is 17.4. The summed E-state index contributed by atoms with van der Waals surface area (Å²) in [5.74, 6) is 0.585. The lowest BCUT2D eigenvalue weighted by Crippen LogP contribution is -2.40. The minimum Gasteiger partial charge on any atom is -0.396 e. The van der Waals surface area contributed by atoms with Gasteiger partial charge in [-0.15, -0.1) is 0 Å². The third kappa shape index (κ3) is 2.58. The van der Waals surface area contributed by atoms with Gasteiger partial charge in [-0.1, -0.05) is 37.1 Å². The molecule has 5 nitrogen and oxygen atoms in total. The first kappa shape index (κ1) is 16.3. The molecule has 1 aromatic carbocycles. The summed E-state index contributed by atoms with van der Waals surface area (Å²) in [6, 6.07) is 8.36. The van der Waals surface area contributed by atoms with Crippen molar-refractivity contribution in [3.63, 3.8) is 0 Å². The maximum atomic E-state index is 13.3. The molecule has 0 amide bonds. The molecule has 0 radical (unpaired) electrons. The molecule has 1 spiro atoms. The number of fused-ring (bicyclic) bond motifs is 4. The summed E-state index contributed by atoms with van der Waals surface area (Å²) in [6.07, 6.45) is 6.09. The number of aliphatic hydroxyl groups excluding tert-OH is 1. The molecule has 1 aromatic heterocycles. The summed E-state index contributed by atoms with van der Waals surface area (Å²) in [6.45, 7) is 0.722. The average Bonchev–Trinajstić information content (AvgIpc) is 3.07. The average molecular weight is 339 g/mol. The Hall–Kier alpha value is -2.14. The number of benzene rings is 1. The Morgan fingerprint density at radius 2 is 2.04 bits per heavy atom. The summed E-state index contributed by atoms with van der Waals surface area (Å²) in [4.78, 5) is 18.1. The Morgan fingerprint density at radius 3 is 2.80 bits per heavy atom. The van der Waals surface area contributed by atoms with Gasteiger partial charge in [0.2, 0.25) is 5.95 Å². The van der Waals surface area contributed by atoms with Crippen LogP contribution in [-0.4, -0.2) is 27.8 Å². The number of anilines is 1. The lowest BCUT2D eigenvalue weighted by molar-refractivity contribution is 0.292. The number of hydrogen-bond acceptors (Lipinski definition) is 4. The summed E-state index contributed by atoms with van der Waals surface area (Å²) in [5.41, 5.74) is 4.21. The van der Waals surface area contributed by atoms with E-state index in [1.54, 1.807) is 11.6 Å². The van der Waals surface area contributed by atoms with Crippen LogP contribution in [0.2, 0.25) is 0 Å². The molecule has 5 heteroatoms. The number of aliphatic hydroxyl groups is 1. The van der Waals surface area contributed by atoms with Gasteiger partial charge in [0, 0.05) is 31.2 Å². The molecular weight excluding hydrogens is 314 g/mol. The minimum absolute atomic E-state index is 0.0465. The smallest absolute Gasteiger partial charge is 0.259 e. The van der Waals surface area contributed by atoms with Crippen LogP contribution >= 0.6 is 0 Å². The van der Waals surface area contributed by atoms with Crippen molar-refractivity contribution < 1.29 is 5.11 Å². The Bertz CT molecular complexity index is 851. The van der Waals surface area contributed by atoms with E-state index in [9.17, 15) is 4.79 Å². The molecule has 0 atom stereocenters. The molecule has 2 aromatic rings. The molecule has 0 aliphatic heterocycles. The molecule has 0 bridgehead atoms. The summed E-state index contributed by atoms with van der Waals surface area (Å²) < 4.78 is 1.64. The predicted octanol–water partition coefficient (Wildman–Crippen LogP) is 2.61. The van der Waals surface area contributed by atoms with Crippen molar-refractivity contribution in [2.75, 3.05) is 18.5 Å². The molecule has 4 rings (SSSR count). The zero-order valence-corrected chi connectivity index (χ0v) is 14.7. The van der Waals surface area contributed by atoms with Crippen LogP contribution in [0.3, 0.4) is 0 Å². The van der Waals surface area contributed by atoms with Crippen LogP contribution in [0.25, 0.3) is 11.3 Å². The third-order valence-electron chi connectivity index (χ3n) is 5.80. The van der Waals surface area contributed by atoms with Crippen LogP contribution < -0.4 is 10.9 Å². The molecule has 0 unspecified atom stereocenters. The highest BCUT2D eigenvalue weighted by molar-refractivity contribution is 5.72. The number of hydrogen-bond donors (Lipinski definition) is 2. The van der Waals surface area contributed by atoms with Gasteiger partial charge in [0.05, 0.1) is 11.3 Å². The van der Waals surface area contributed by atoms with Crippen molar-refractivity contribution in [1.82, 2.24) is 9.55 Å². The number of nitrogens with one attached hydrogen (secondary N) is 1. The molecule has 1 heterocycles. The predicted molar refractivity (Wildman–Crippen MR) is 99.0 cm³/mol. The van der Waals surface area contributed by atoms with Gasteiger partial charge in [-0.05, 0) is 31.2 Å². The Morgan fingerprint density at radius 1 is 1.28 bits per heavy atom. The highest BCUT2D eigenvalue weighted by Gasteiger charge is 2.44.